The highest BCUT2D eigenvalue weighted by atomic mass is 32.2. The number of thioether (sulfide) groups is 1. The van der Waals surface area contributed by atoms with Gasteiger partial charge in [0.15, 0.2) is 0 Å². The van der Waals surface area contributed by atoms with E-state index in [9.17, 15) is 0 Å². The molecule has 1 aliphatic heterocycles. The SMILES string of the molecule is CCCCCC1(CCCCC)Cc2ccccc2S1. The Labute approximate surface area is 123 Å². The molecule has 0 spiro atoms. The first-order valence-electron chi connectivity index (χ1n) is 8.06. The van der Waals surface area contributed by atoms with Crippen molar-refractivity contribution >= 4 is 11.8 Å². The number of benzene rings is 1. The van der Waals surface area contributed by atoms with Gasteiger partial charge in [0, 0.05) is 9.64 Å². The Balaban J connectivity index is 2.00. The average molecular weight is 276 g/mol. The van der Waals surface area contributed by atoms with E-state index < -0.39 is 0 Å². The van der Waals surface area contributed by atoms with Gasteiger partial charge in [0.25, 0.3) is 0 Å². The van der Waals surface area contributed by atoms with Gasteiger partial charge < -0.3 is 0 Å². The molecule has 0 fully saturated rings. The predicted octanol–water partition coefficient (Wildman–Crippen LogP) is 6.23. The van der Waals surface area contributed by atoms with Gasteiger partial charge in [-0.25, -0.2) is 0 Å². The van der Waals surface area contributed by atoms with Gasteiger partial charge in [-0.1, -0.05) is 70.6 Å². The molecule has 0 amide bonds. The van der Waals surface area contributed by atoms with Gasteiger partial charge in [0.1, 0.15) is 0 Å². The lowest BCUT2D eigenvalue weighted by Gasteiger charge is -2.28. The molecule has 0 atom stereocenters. The maximum absolute atomic E-state index is 2.34. The first-order chi connectivity index (χ1) is 9.29. The van der Waals surface area contributed by atoms with Crippen molar-refractivity contribution in [2.75, 3.05) is 0 Å². The molecule has 2 rings (SSSR count). The Bertz CT molecular complexity index is 346. The molecule has 0 radical (unpaired) electrons. The third kappa shape index (κ3) is 4.02. The van der Waals surface area contributed by atoms with E-state index in [1.807, 2.05) is 0 Å². The first kappa shape index (κ1) is 15.0. The molecule has 0 aliphatic carbocycles. The molecule has 1 aromatic carbocycles. The molecule has 1 aliphatic rings. The molecule has 0 nitrogen and oxygen atoms in total. The maximum Gasteiger partial charge on any atom is 0.0248 e. The van der Waals surface area contributed by atoms with Crippen LogP contribution in [-0.4, -0.2) is 4.75 Å². The molecule has 0 saturated carbocycles. The molecular formula is C18H28S. The summed E-state index contributed by atoms with van der Waals surface area (Å²) in [6.45, 7) is 4.61. The van der Waals surface area contributed by atoms with Crippen LogP contribution >= 0.6 is 11.8 Å². The summed E-state index contributed by atoms with van der Waals surface area (Å²) in [5.41, 5.74) is 1.60. The van der Waals surface area contributed by atoms with Gasteiger partial charge >= 0.3 is 0 Å². The second-order valence-corrected chi connectivity index (χ2v) is 7.49. The van der Waals surface area contributed by atoms with Crippen molar-refractivity contribution in [3.05, 3.63) is 29.8 Å². The van der Waals surface area contributed by atoms with Gasteiger partial charge in [0.2, 0.25) is 0 Å². The Morgan fingerprint density at radius 1 is 0.947 bits per heavy atom. The summed E-state index contributed by atoms with van der Waals surface area (Å²) in [7, 11) is 0. The monoisotopic (exact) mass is 276 g/mol. The molecule has 19 heavy (non-hydrogen) atoms. The lowest BCUT2D eigenvalue weighted by atomic mass is 9.88. The summed E-state index contributed by atoms with van der Waals surface area (Å²) < 4.78 is 0.522. The highest BCUT2D eigenvalue weighted by molar-refractivity contribution is 8.01. The van der Waals surface area contributed by atoms with E-state index in [4.69, 9.17) is 0 Å². The predicted molar refractivity (Wildman–Crippen MR) is 87.0 cm³/mol. The second-order valence-electron chi connectivity index (χ2n) is 5.98. The van der Waals surface area contributed by atoms with Crippen molar-refractivity contribution in [3.63, 3.8) is 0 Å². The average Bonchev–Trinajstić information content (AvgIpc) is 2.78. The first-order valence-corrected chi connectivity index (χ1v) is 8.88. The summed E-state index contributed by atoms with van der Waals surface area (Å²) in [5, 5.41) is 0. The van der Waals surface area contributed by atoms with E-state index in [0.717, 1.165) is 0 Å². The topological polar surface area (TPSA) is 0 Å². The molecule has 1 aromatic rings. The van der Waals surface area contributed by atoms with E-state index in [1.54, 1.807) is 10.5 Å². The van der Waals surface area contributed by atoms with Crippen molar-refractivity contribution in [1.29, 1.82) is 0 Å². The Morgan fingerprint density at radius 3 is 2.16 bits per heavy atom. The van der Waals surface area contributed by atoms with Crippen molar-refractivity contribution < 1.29 is 0 Å². The Hall–Kier alpha value is -0.430. The van der Waals surface area contributed by atoms with Gasteiger partial charge in [-0.3, -0.25) is 0 Å². The van der Waals surface area contributed by atoms with Crippen molar-refractivity contribution in [2.45, 2.75) is 81.3 Å². The number of unbranched alkanes of at least 4 members (excludes halogenated alkanes) is 4. The van der Waals surface area contributed by atoms with Crippen LogP contribution < -0.4 is 0 Å². The number of fused-ring (bicyclic) bond motifs is 1. The second kappa shape index (κ2) is 7.38. The highest BCUT2D eigenvalue weighted by Gasteiger charge is 2.36. The van der Waals surface area contributed by atoms with Gasteiger partial charge in [-0.05, 0) is 30.9 Å². The number of rotatable bonds is 8. The summed E-state index contributed by atoms with van der Waals surface area (Å²) in [6.07, 6.45) is 12.4. The van der Waals surface area contributed by atoms with Crippen LogP contribution in [0.2, 0.25) is 0 Å². The minimum absolute atomic E-state index is 0.522. The summed E-state index contributed by atoms with van der Waals surface area (Å²) in [4.78, 5) is 1.55. The zero-order valence-corrected chi connectivity index (χ0v) is 13.4. The minimum atomic E-state index is 0.522. The molecule has 0 unspecified atom stereocenters. The highest BCUT2D eigenvalue weighted by Crippen LogP contribution is 2.50. The quantitative estimate of drug-likeness (QED) is 0.507. The maximum atomic E-state index is 2.34. The third-order valence-electron chi connectivity index (χ3n) is 4.28. The summed E-state index contributed by atoms with van der Waals surface area (Å²) >= 11 is 2.18. The largest absolute Gasteiger partial charge is 0.119 e. The van der Waals surface area contributed by atoms with Crippen molar-refractivity contribution in [1.82, 2.24) is 0 Å². The molecule has 106 valence electrons. The summed E-state index contributed by atoms with van der Waals surface area (Å²) in [6, 6.07) is 9.05. The van der Waals surface area contributed by atoms with Crippen LogP contribution in [0.3, 0.4) is 0 Å². The Morgan fingerprint density at radius 2 is 1.58 bits per heavy atom. The van der Waals surface area contributed by atoms with Gasteiger partial charge in [-0.15, -0.1) is 11.8 Å². The molecule has 0 N–H and O–H groups in total. The fourth-order valence-corrected chi connectivity index (χ4v) is 4.77. The summed E-state index contributed by atoms with van der Waals surface area (Å²) in [5.74, 6) is 0. The third-order valence-corrected chi connectivity index (χ3v) is 5.89. The Kier molecular flexibility index (Phi) is 5.81. The zero-order valence-electron chi connectivity index (χ0n) is 12.6. The molecule has 1 heterocycles. The van der Waals surface area contributed by atoms with Crippen LogP contribution in [-0.2, 0) is 6.42 Å². The lowest BCUT2D eigenvalue weighted by Crippen LogP contribution is -2.24. The molecule has 0 aromatic heterocycles. The van der Waals surface area contributed by atoms with Crippen LogP contribution in [0.15, 0.2) is 29.2 Å². The van der Waals surface area contributed by atoms with Gasteiger partial charge in [0.05, 0.1) is 0 Å². The fourth-order valence-electron chi connectivity index (χ4n) is 3.16. The van der Waals surface area contributed by atoms with E-state index in [2.05, 4.69) is 49.9 Å². The van der Waals surface area contributed by atoms with Crippen molar-refractivity contribution in [3.8, 4) is 0 Å². The van der Waals surface area contributed by atoms with Crippen LogP contribution in [0, 0.1) is 0 Å². The molecule has 0 saturated heterocycles. The van der Waals surface area contributed by atoms with Crippen LogP contribution in [0.25, 0.3) is 0 Å². The smallest absolute Gasteiger partial charge is 0.0248 e. The molecular weight excluding hydrogens is 248 g/mol. The molecule has 1 heteroatoms. The molecule has 0 bridgehead atoms. The van der Waals surface area contributed by atoms with E-state index >= 15 is 0 Å². The zero-order chi connectivity index (χ0) is 13.6. The fraction of sp³-hybridized carbons (Fsp3) is 0.667. The lowest BCUT2D eigenvalue weighted by molar-refractivity contribution is 0.456. The number of hydrogen-bond acceptors (Lipinski definition) is 1. The van der Waals surface area contributed by atoms with Crippen LogP contribution in [0.1, 0.15) is 70.8 Å². The van der Waals surface area contributed by atoms with Crippen LogP contribution in [0.4, 0.5) is 0 Å². The van der Waals surface area contributed by atoms with Gasteiger partial charge in [-0.2, -0.15) is 0 Å². The van der Waals surface area contributed by atoms with Crippen molar-refractivity contribution in [2.24, 2.45) is 0 Å². The van der Waals surface area contributed by atoms with Crippen LogP contribution in [0.5, 0.6) is 0 Å². The van der Waals surface area contributed by atoms with E-state index in [-0.39, 0.29) is 0 Å². The standard InChI is InChI=1S/C18H28S/c1-3-5-9-13-18(14-10-6-4-2)15-16-11-7-8-12-17(16)19-18/h7-8,11-12H,3-6,9-10,13-15H2,1-2H3. The number of hydrogen-bond donors (Lipinski definition) is 0. The normalized spacial score (nSPS) is 16.5. The van der Waals surface area contributed by atoms with E-state index in [0.29, 0.717) is 4.75 Å². The minimum Gasteiger partial charge on any atom is -0.119 e. The van der Waals surface area contributed by atoms with E-state index in [1.165, 1.54) is 57.8 Å².